The molecule has 0 saturated heterocycles. The first-order chi connectivity index (χ1) is 13.8. The molecule has 150 valence electrons. The van der Waals surface area contributed by atoms with Crippen molar-refractivity contribution in [3.8, 4) is 0 Å². The third kappa shape index (κ3) is 4.35. The van der Waals surface area contributed by atoms with Crippen molar-refractivity contribution in [2.45, 2.75) is 17.7 Å². The Morgan fingerprint density at radius 3 is 2.45 bits per heavy atom. The first-order valence-corrected chi connectivity index (χ1v) is 10.2. The number of hydrogen-bond donors (Lipinski definition) is 1. The van der Waals surface area contributed by atoms with E-state index in [4.69, 9.17) is 5.11 Å². The molecule has 3 rings (SSSR count). The standard InChI is InChI=1S/C20H18N2O6S/c23-20(24)12-5-13-21(19-11-3-7-15-6-1-2-10-18(15)19)29(27,28)17-9-4-8-16(14-17)22(25)26/h1-4,6-11,14H,5,12-13H2,(H,23,24). The molecule has 0 saturated carbocycles. The molecule has 1 N–H and O–H groups in total. The van der Waals surface area contributed by atoms with Gasteiger partial charge in [0.1, 0.15) is 0 Å². The summed E-state index contributed by atoms with van der Waals surface area (Å²) in [5.74, 6) is -1.03. The van der Waals surface area contributed by atoms with Crippen LogP contribution in [0.5, 0.6) is 0 Å². The van der Waals surface area contributed by atoms with Crippen LogP contribution in [0.4, 0.5) is 11.4 Å². The number of hydrogen-bond acceptors (Lipinski definition) is 5. The number of nitrogens with zero attached hydrogens (tertiary/aromatic N) is 2. The highest BCUT2D eigenvalue weighted by molar-refractivity contribution is 7.92. The number of sulfonamides is 1. The fraction of sp³-hybridized carbons (Fsp3) is 0.150. The Morgan fingerprint density at radius 1 is 1.03 bits per heavy atom. The molecule has 3 aromatic carbocycles. The van der Waals surface area contributed by atoms with Crippen molar-refractivity contribution in [1.82, 2.24) is 0 Å². The predicted octanol–water partition coefficient (Wildman–Crippen LogP) is 3.81. The van der Waals surface area contributed by atoms with Gasteiger partial charge in [0.15, 0.2) is 0 Å². The quantitative estimate of drug-likeness (QED) is 0.442. The van der Waals surface area contributed by atoms with Gasteiger partial charge in [0.25, 0.3) is 15.7 Å². The Bertz CT molecular complexity index is 1170. The van der Waals surface area contributed by atoms with Crippen molar-refractivity contribution in [1.29, 1.82) is 0 Å². The van der Waals surface area contributed by atoms with E-state index in [1.807, 2.05) is 18.2 Å². The Balaban J connectivity index is 2.13. The van der Waals surface area contributed by atoms with E-state index in [-0.39, 0.29) is 30.0 Å². The van der Waals surface area contributed by atoms with Crippen molar-refractivity contribution in [3.63, 3.8) is 0 Å². The minimum Gasteiger partial charge on any atom is -0.481 e. The second kappa shape index (κ2) is 8.27. The van der Waals surface area contributed by atoms with E-state index >= 15 is 0 Å². The Kier molecular flexibility index (Phi) is 5.79. The number of nitro benzene ring substituents is 1. The van der Waals surface area contributed by atoms with Gasteiger partial charge in [-0.1, -0.05) is 42.5 Å². The normalized spacial score (nSPS) is 11.3. The van der Waals surface area contributed by atoms with Crippen LogP contribution in [0, 0.1) is 10.1 Å². The van der Waals surface area contributed by atoms with Gasteiger partial charge in [-0.25, -0.2) is 8.42 Å². The predicted molar refractivity (Wildman–Crippen MR) is 108 cm³/mol. The Hall–Kier alpha value is -3.46. The molecule has 0 unspecified atom stereocenters. The third-order valence-electron chi connectivity index (χ3n) is 4.40. The van der Waals surface area contributed by atoms with Crippen LogP contribution in [-0.2, 0) is 14.8 Å². The van der Waals surface area contributed by atoms with E-state index in [0.29, 0.717) is 11.1 Å². The van der Waals surface area contributed by atoms with Crippen molar-refractivity contribution >= 4 is 38.1 Å². The van der Waals surface area contributed by atoms with Gasteiger partial charge in [0.05, 0.1) is 15.5 Å². The van der Waals surface area contributed by atoms with E-state index in [0.717, 1.165) is 15.8 Å². The molecule has 0 fully saturated rings. The number of fused-ring (bicyclic) bond motifs is 1. The van der Waals surface area contributed by atoms with Crippen LogP contribution in [0.3, 0.4) is 0 Å². The summed E-state index contributed by atoms with van der Waals surface area (Å²) >= 11 is 0. The van der Waals surface area contributed by atoms with Gasteiger partial charge in [-0.05, 0) is 23.9 Å². The lowest BCUT2D eigenvalue weighted by Crippen LogP contribution is -2.32. The van der Waals surface area contributed by atoms with Crippen molar-refractivity contribution < 1.29 is 23.2 Å². The number of carboxylic acids is 1. The zero-order valence-electron chi connectivity index (χ0n) is 15.3. The SMILES string of the molecule is O=C(O)CCCN(c1cccc2ccccc12)S(=O)(=O)c1cccc([N+](=O)[O-])c1. The maximum absolute atomic E-state index is 13.4. The molecular weight excluding hydrogens is 396 g/mol. The summed E-state index contributed by atoms with van der Waals surface area (Å²) in [6.07, 6.45) is -0.113. The molecule has 8 nitrogen and oxygen atoms in total. The number of non-ortho nitro benzene ring substituents is 1. The number of carbonyl (C=O) groups is 1. The van der Waals surface area contributed by atoms with Gasteiger partial charge in [0, 0.05) is 30.5 Å². The average molecular weight is 414 g/mol. The molecule has 0 aliphatic rings. The Morgan fingerprint density at radius 2 is 1.72 bits per heavy atom. The van der Waals surface area contributed by atoms with Crippen molar-refractivity contribution in [2.24, 2.45) is 0 Å². The number of benzene rings is 3. The molecule has 0 atom stereocenters. The largest absolute Gasteiger partial charge is 0.481 e. The molecule has 0 aromatic heterocycles. The Labute approximate surface area is 167 Å². The van der Waals surface area contributed by atoms with E-state index in [9.17, 15) is 23.3 Å². The highest BCUT2D eigenvalue weighted by atomic mass is 32.2. The first-order valence-electron chi connectivity index (χ1n) is 8.77. The van der Waals surface area contributed by atoms with Crippen LogP contribution in [0.15, 0.2) is 71.6 Å². The molecule has 0 aliphatic carbocycles. The molecule has 0 amide bonds. The highest BCUT2D eigenvalue weighted by Crippen LogP contribution is 2.32. The van der Waals surface area contributed by atoms with E-state index in [2.05, 4.69) is 0 Å². The van der Waals surface area contributed by atoms with Crippen LogP contribution in [0.25, 0.3) is 10.8 Å². The van der Waals surface area contributed by atoms with E-state index in [1.165, 1.54) is 18.2 Å². The smallest absolute Gasteiger partial charge is 0.303 e. The average Bonchev–Trinajstić information content (AvgIpc) is 2.70. The number of anilines is 1. The van der Waals surface area contributed by atoms with Gasteiger partial charge < -0.3 is 5.11 Å². The topological polar surface area (TPSA) is 118 Å². The number of carboxylic acid groups (broad SMARTS) is 1. The zero-order chi connectivity index (χ0) is 21.0. The minimum atomic E-state index is -4.16. The van der Waals surface area contributed by atoms with Gasteiger partial charge in [-0.2, -0.15) is 0 Å². The van der Waals surface area contributed by atoms with Crippen LogP contribution in [-0.4, -0.2) is 31.0 Å². The number of aliphatic carboxylic acids is 1. The van der Waals surface area contributed by atoms with E-state index < -0.39 is 20.9 Å². The summed E-state index contributed by atoms with van der Waals surface area (Å²) in [7, 11) is -4.16. The molecule has 0 bridgehead atoms. The van der Waals surface area contributed by atoms with Crippen molar-refractivity contribution in [3.05, 3.63) is 76.8 Å². The van der Waals surface area contributed by atoms with Crippen LogP contribution in [0.2, 0.25) is 0 Å². The molecule has 0 radical (unpaired) electrons. The summed E-state index contributed by atoms with van der Waals surface area (Å²) in [5, 5.41) is 21.5. The minimum absolute atomic E-state index is 0.0780. The molecule has 0 spiro atoms. The molecule has 9 heteroatoms. The van der Waals surface area contributed by atoms with Gasteiger partial charge >= 0.3 is 5.97 Å². The summed E-state index contributed by atoms with van der Waals surface area (Å²) in [5.41, 5.74) is 0.0504. The number of rotatable bonds is 8. The first kappa shape index (κ1) is 20.3. The number of nitro groups is 1. The molecule has 3 aromatic rings. The lowest BCUT2D eigenvalue weighted by Gasteiger charge is -2.25. The van der Waals surface area contributed by atoms with Crippen LogP contribution < -0.4 is 4.31 Å². The fourth-order valence-corrected chi connectivity index (χ4v) is 4.62. The van der Waals surface area contributed by atoms with Gasteiger partial charge in [-0.15, -0.1) is 0 Å². The lowest BCUT2D eigenvalue weighted by molar-refractivity contribution is -0.385. The lowest BCUT2D eigenvalue weighted by atomic mass is 10.1. The second-order valence-corrected chi connectivity index (χ2v) is 8.19. The maximum atomic E-state index is 13.4. The summed E-state index contributed by atoms with van der Waals surface area (Å²) in [6.45, 7) is -0.0780. The third-order valence-corrected chi connectivity index (χ3v) is 6.21. The summed E-state index contributed by atoms with van der Waals surface area (Å²) in [4.78, 5) is 21.1. The van der Waals surface area contributed by atoms with E-state index in [1.54, 1.807) is 24.3 Å². The maximum Gasteiger partial charge on any atom is 0.303 e. The van der Waals surface area contributed by atoms with Crippen molar-refractivity contribution in [2.75, 3.05) is 10.8 Å². The zero-order valence-corrected chi connectivity index (χ0v) is 16.1. The monoisotopic (exact) mass is 414 g/mol. The molecule has 0 heterocycles. The molecule has 0 aliphatic heterocycles. The van der Waals surface area contributed by atoms with Gasteiger partial charge in [0.2, 0.25) is 0 Å². The van der Waals surface area contributed by atoms with Gasteiger partial charge in [-0.3, -0.25) is 19.2 Å². The van der Waals surface area contributed by atoms with Crippen LogP contribution in [0.1, 0.15) is 12.8 Å². The summed E-state index contributed by atoms with van der Waals surface area (Å²) in [6, 6.07) is 17.2. The highest BCUT2D eigenvalue weighted by Gasteiger charge is 2.27. The van der Waals surface area contributed by atoms with Crippen LogP contribution >= 0.6 is 0 Å². The fourth-order valence-electron chi connectivity index (χ4n) is 3.05. The molecule has 29 heavy (non-hydrogen) atoms. The second-order valence-electron chi connectivity index (χ2n) is 6.33. The molecular formula is C20H18N2O6S. The summed E-state index contributed by atoms with van der Waals surface area (Å²) < 4.78 is 27.9.